The van der Waals surface area contributed by atoms with Crippen LogP contribution in [0.1, 0.15) is 42.9 Å². The SMILES string of the molecule is Oc1ccc(Cl)cc1CN1CCC[C@H](c2ccnc(SCCN3CCCC3)n2)C1. The third-order valence-electron chi connectivity index (χ3n) is 5.85. The van der Waals surface area contributed by atoms with Crippen LogP contribution in [0.4, 0.5) is 0 Å². The van der Waals surface area contributed by atoms with Crippen LogP contribution < -0.4 is 0 Å². The molecule has 1 N–H and O–H groups in total. The van der Waals surface area contributed by atoms with Gasteiger partial charge in [0.1, 0.15) is 5.75 Å². The van der Waals surface area contributed by atoms with Gasteiger partial charge in [0, 0.05) is 53.8 Å². The first-order valence-corrected chi connectivity index (χ1v) is 11.9. The zero-order valence-corrected chi connectivity index (χ0v) is 18.3. The summed E-state index contributed by atoms with van der Waals surface area (Å²) in [5.74, 6) is 1.77. The van der Waals surface area contributed by atoms with E-state index in [9.17, 15) is 5.11 Å². The van der Waals surface area contributed by atoms with E-state index >= 15 is 0 Å². The van der Waals surface area contributed by atoms with Gasteiger partial charge in [-0.15, -0.1) is 0 Å². The highest BCUT2D eigenvalue weighted by molar-refractivity contribution is 7.99. The van der Waals surface area contributed by atoms with Crippen molar-refractivity contribution >= 4 is 23.4 Å². The maximum atomic E-state index is 10.1. The Morgan fingerprint density at radius 3 is 2.79 bits per heavy atom. The number of phenols is 1. The highest BCUT2D eigenvalue weighted by Crippen LogP contribution is 2.29. The molecular formula is C22H29ClN4OS. The van der Waals surface area contributed by atoms with Crippen molar-refractivity contribution in [2.24, 2.45) is 0 Å². The lowest BCUT2D eigenvalue weighted by atomic mass is 9.94. The van der Waals surface area contributed by atoms with Crippen LogP contribution in [-0.4, -0.2) is 63.4 Å². The van der Waals surface area contributed by atoms with E-state index < -0.39 is 0 Å². The Kier molecular flexibility index (Phi) is 7.29. The van der Waals surface area contributed by atoms with E-state index in [-0.39, 0.29) is 0 Å². The quantitative estimate of drug-likeness (QED) is 0.516. The number of phenolic OH excluding ortho intramolecular Hbond substituents is 1. The molecule has 0 saturated carbocycles. The summed E-state index contributed by atoms with van der Waals surface area (Å²) < 4.78 is 0. The minimum Gasteiger partial charge on any atom is -0.508 e. The van der Waals surface area contributed by atoms with Crippen molar-refractivity contribution < 1.29 is 5.11 Å². The summed E-state index contributed by atoms with van der Waals surface area (Å²) in [6, 6.07) is 7.33. The number of hydrogen-bond donors (Lipinski definition) is 1. The fourth-order valence-corrected chi connectivity index (χ4v) is 5.32. The lowest BCUT2D eigenvalue weighted by Gasteiger charge is -2.32. The Morgan fingerprint density at radius 1 is 1.10 bits per heavy atom. The van der Waals surface area contributed by atoms with Gasteiger partial charge in [-0.25, -0.2) is 9.97 Å². The van der Waals surface area contributed by atoms with Crippen LogP contribution >= 0.6 is 23.4 Å². The number of benzene rings is 1. The summed E-state index contributed by atoms with van der Waals surface area (Å²) in [6.07, 6.45) is 6.85. The van der Waals surface area contributed by atoms with Crippen LogP contribution in [0.25, 0.3) is 0 Å². The average Bonchev–Trinajstić information content (AvgIpc) is 3.25. The highest BCUT2D eigenvalue weighted by Gasteiger charge is 2.23. The molecule has 2 saturated heterocycles. The van der Waals surface area contributed by atoms with Crippen molar-refractivity contribution in [1.82, 2.24) is 19.8 Å². The number of hydrogen-bond acceptors (Lipinski definition) is 6. The van der Waals surface area contributed by atoms with E-state index in [1.165, 1.54) is 25.9 Å². The van der Waals surface area contributed by atoms with Crippen molar-refractivity contribution in [2.75, 3.05) is 38.5 Å². The summed E-state index contributed by atoms with van der Waals surface area (Å²) in [5.41, 5.74) is 2.03. The normalized spacial score (nSPS) is 20.9. The van der Waals surface area contributed by atoms with Crippen LogP contribution in [0.5, 0.6) is 5.75 Å². The number of thioether (sulfide) groups is 1. The number of piperidine rings is 1. The largest absolute Gasteiger partial charge is 0.508 e. The van der Waals surface area contributed by atoms with Gasteiger partial charge in [-0.1, -0.05) is 23.4 Å². The number of aromatic nitrogens is 2. The standard InChI is InChI=1S/C22H29ClN4OS/c23-19-5-6-21(28)18(14-19)16-27-11-3-4-17(15-27)20-7-8-24-22(25-20)29-13-12-26-9-1-2-10-26/h5-8,14,17,28H,1-4,9-13,15-16H2/t17-/m0/s1. The van der Waals surface area contributed by atoms with Crippen molar-refractivity contribution in [2.45, 2.75) is 43.3 Å². The van der Waals surface area contributed by atoms with E-state index in [1.54, 1.807) is 23.9 Å². The first kappa shape index (κ1) is 20.9. The molecule has 1 aromatic heterocycles. The number of rotatable bonds is 7. The number of likely N-dealkylation sites (tertiary alicyclic amines) is 2. The predicted octanol–water partition coefficient (Wildman–Crippen LogP) is 4.40. The van der Waals surface area contributed by atoms with Gasteiger partial charge in [-0.05, 0) is 69.6 Å². The molecule has 7 heteroatoms. The molecule has 2 aliphatic rings. The number of halogens is 1. The molecule has 156 valence electrons. The first-order valence-electron chi connectivity index (χ1n) is 10.6. The second-order valence-electron chi connectivity index (χ2n) is 8.01. The van der Waals surface area contributed by atoms with Crippen molar-refractivity contribution in [3.8, 4) is 5.75 Å². The molecule has 0 bridgehead atoms. The lowest BCUT2D eigenvalue weighted by Crippen LogP contribution is -2.34. The Labute approximate surface area is 182 Å². The van der Waals surface area contributed by atoms with E-state index in [4.69, 9.17) is 16.6 Å². The van der Waals surface area contributed by atoms with Gasteiger partial charge in [0.05, 0.1) is 0 Å². The molecule has 1 atom stereocenters. The molecule has 0 spiro atoms. The molecule has 5 nitrogen and oxygen atoms in total. The van der Waals surface area contributed by atoms with Gasteiger partial charge in [0.15, 0.2) is 5.16 Å². The summed E-state index contributed by atoms with van der Waals surface area (Å²) in [4.78, 5) is 14.3. The van der Waals surface area contributed by atoms with Crippen LogP contribution in [0.15, 0.2) is 35.6 Å². The third kappa shape index (κ3) is 5.85. The Morgan fingerprint density at radius 2 is 1.93 bits per heavy atom. The molecule has 4 rings (SSSR count). The van der Waals surface area contributed by atoms with Crippen LogP contribution in [-0.2, 0) is 6.54 Å². The van der Waals surface area contributed by atoms with Gasteiger partial charge in [0.25, 0.3) is 0 Å². The molecular weight excluding hydrogens is 404 g/mol. The maximum Gasteiger partial charge on any atom is 0.187 e. The van der Waals surface area contributed by atoms with Crippen molar-refractivity contribution in [3.63, 3.8) is 0 Å². The monoisotopic (exact) mass is 432 g/mol. The number of nitrogens with zero attached hydrogens (tertiary/aromatic N) is 4. The summed E-state index contributed by atoms with van der Waals surface area (Å²) >= 11 is 7.87. The van der Waals surface area contributed by atoms with Crippen molar-refractivity contribution in [1.29, 1.82) is 0 Å². The molecule has 2 fully saturated rings. The van der Waals surface area contributed by atoms with E-state index in [1.807, 2.05) is 12.3 Å². The summed E-state index contributed by atoms with van der Waals surface area (Å²) in [6.45, 7) is 6.29. The number of aromatic hydroxyl groups is 1. The lowest BCUT2D eigenvalue weighted by molar-refractivity contribution is 0.196. The zero-order valence-electron chi connectivity index (χ0n) is 16.8. The molecule has 0 radical (unpaired) electrons. The molecule has 0 unspecified atom stereocenters. The maximum absolute atomic E-state index is 10.1. The third-order valence-corrected chi connectivity index (χ3v) is 6.93. The molecule has 0 amide bonds. The van der Waals surface area contributed by atoms with Crippen LogP contribution in [0.2, 0.25) is 5.02 Å². The van der Waals surface area contributed by atoms with E-state index in [2.05, 4.69) is 20.9 Å². The molecule has 29 heavy (non-hydrogen) atoms. The minimum absolute atomic E-state index is 0.315. The van der Waals surface area contributed by atoms with Gasteiger partial charge < -0.3 is 10.0 Å². The molecule has 2 aromatic rings. The minimum atomic E-state index is 0.315. The molecule has 0 aliphatic carbocycles. The van der Waals surface area contributed by atoms with E-state index in [0.717, 1.165) is 54.6 Å². The molecule has 2 aliphatic heterocycles. The topological polar surface area (TPSA) is 52.5 Å². The highest BCUT2D eigenvalue weighted by atomic mass is 35.5. The Bertz CT molecular complexity index is 815. The van der Waals surface area contributed by atoms with Crippen LogP contribution in [0.3, 0.4) is 0 Å². The molecule has 1 aromatic carbocycles. The van der Waals surface area contributed by atoms with Gasteiger partial charge in [-0.3, -0.25) is 4.90 Å². The predicted molar refractivity (Wildman–Crippen MR) is 119 cm³/mol. The second-order valence-corrected chi connectivity index (χ2v) is 9.51. The molecule has 3 heterocycles. The average molecular weight is 433 g/mol. The fraction of sp³-hybridized carbons (Fsp3) is 0.545. The van der Waals surface area contributed by atoms with Crippen LogP contribution in [0, 0.1) is 0 Å². The first-order chi connectivity index (χ1) is 14.2. The van der Waals surface area contributed by atoms with Gasteiger partial charge in [-0.2, -0.15) is 0 Å². The Hall–Kier alpha value is -1.34. The van der Waals surface area contributed by atoms with E-state index in [0.29, 0.717) is 23.2 Å². The van der Waals surface area contributed by atoms with Gasteiger partial charge in [0.2, 0.25) is 0 Å². The summed E-state index contributed by atoms with van der Waals surface area (Å²) in [5, 5.41) is 11.7. The smallest absolute Gasteiger partial charge is 0.187 e. The zero-order chi connectivity index (χ0) is 20.1. The second kappa shape index (κ2) is 10.1. The Balaban J connectivity index is 1.34. The fourth-order valence-electron chi connectivity index (χ4n) is 4.29. The summed E-state index contributed by atoms with van der Waals surface area (Å²) in [7, 11) is 0. The van der Waals surface area contributed by atoms with Crippen molar-refractivity contribution in [3.05, 3.63) is 46.7 Å². The van der Waals surface area contributed by atoms with Gasteiger partial charge >= 0.3 is 0 Å².